The lowest BCUT2D eigenvalue weighted by Gasteiger charge is -2.40. The van der Waals surface area contributed by atoms with Crippen molar-refractivity contribution in [3.8, 4) is 0 Å². The maximum absolute atomic E-state index is 14.5. The number of halogens is 10. The maximum atomic E-state index is 14.5. The first kappa shape index (κ1) is 36.9. The molecule has 0 aromatic rings. The molecule has 17 heteroatoms. The number of rotatable bonds is 16. The molecule has 0 aromatic carbocycles. The van der Waals surface area contributed by atoms with E-state index in [-0.39, 0.29) is 5.57 Å². The van der Waals surface area contributed by atoms with Crippen LogP contribution < -0.4 is 0 Å². The average Bonchev–Trinajstić information content (AvgIpc) is 2.80. The minimum atomic E-state index is -7.51. The molecule has 0 rings (SSSR count). The second-order valence-electron chi connectivity index (χ2n) is 8.72. The van der Waals surface area contributed by atoms with Gasteiger partial charge in [-0.1, -0.05) is 19.7 Å². The van der Waals surface area contributed by atoms with E-state index in [4.69, 9.17) is 5.11 Å². The lowest BCUT2D eigenvalue weighted by molar-refractivity contribution is -0.405. The van der Waals surface area contributed by atoms with Gasteiger partial charge in [0.15, 0.2) is 0 Å². The third kappa shape index (κ3) is 8.20. The summed E-state index contributed by atoms with van der Waals surface area (Å²) in [5.41, 5.74) is -1.42. The lowest BCUT2D eigenvalue weighted by atomic mass is 9.90. The zero-order valence-corrected chi connectivity index (χ0v) is 21.3. The van der Waals surface area contributed by atoms with Crippen molar-refractivity contribution in [1.29, 1.82) is 0 Å². The van der Waals surface area contributed by atoms with Crippen LogP contribution in [0.1, 0.15) is 33.6 Å². The van der Waals surface area contributed by atoms with Crippen molar-refractivity contribution in [2.45, 2.75) is 75.4 Å². The van der Waals surface area contributed by atoms with Gasteiger partial charge in [0.1, 0.15) is 18.8 Å². The highest BCUT2D eigenvalue weighted by molar-refractivity contribution is 5.88. The molecule has 2 unspecified atom stereocenters. The van der Waals surface area contributed by atoms with E-state index in [9.17, 15) is 58.3 Å². The summed E-state index contributed by atoms with van der Waals surface area (Å²) in [5, 5.41) is 8.98. The summed E-state index contributed by atoms with van der Waals surface area (Å²) in [7, 11) is 0. The van der Waals surface area contributed by atoms with E-state index in [2.05, 4.69) is 33.9 Å². The molecule has 0 fully saturated rings. The Hall–Kier alpha value is -3.11. The quantitative estimate of drug-likeness (QED) is 0.114. The summed E-state index contributed by atoms with van der Waals surface area (Å²) in [4.78, 5) is 34.5. The highest BCUT2D eigenvalue weighted by Crippen LogP contribution is 2.58. The van der Waals surface area contributed by atoms with Gasteiger partial charge in [0.2, 0.25) is 0 Å². The number of carbonyl (C=O) groups is 3. The Morgan fingerprint density at radius 2 is 0.950 bits per heavy atom. The molecular formula is C23H26F10O7. The summed E-state index contributed by atoms with van der Waals surface area (Å²) >= 11 is 0. The number of hydrogen-bond acceptors (Lipinski definition) is 7. The van der Waals surface area contributed by atoms with Crippen molar-refractivity contribution >= 4 is 17.9 Å². The van der Waals surface area contributed by atoms with Gasteiger partial charge in [-0.25, -0.2) is 14.4 Å². The van der Waals surface area contributed by atoms with E-state index in [1.807, 2.05) is 0 Å². The Bertz CT molecular complexity index is 1010. The fourth-order valence-corrected chi connectivity index (χ4v) is 2.56. The van der Waals surface area contributed by atoms with Crippen LogP contribution in [0.3, 0.4) is 0 Å². The van der Waals surface area contributed by atoms with Crippen LogP contribution >= 0.6 is 0 Å². The smallest absolute Gasteiger partial charge is 0.384 e. The molecule has 40 heavy (non-hydrogen) atoms. The first-order valence-corrected chi connectivity index (χ1v) is 10.8. The van der Waals surface area contributed by atoms with E-state index in [1.54, 1.807) is 0 Å². The summed E-state index contributed by atoms with van der Waals surface area (Å²) in [5.74, 6) is -39.1. The molecule has 0 aliphatic rings. The van der Waals surface area contributed by atoms with Crippen molar-refractivity contribution in [1.82, 2.24) is 0 Å². The topological polar surface area (TPSA) is 99.1 Å². The van der Waals surface area contributed by atoms with E-state index in [0.29, 0.717) is 0 Å². The molecule has 7 nitrogen and oxygen atoms in total. The summed E-state index contributed by atoms with van der Waals surface area (Å²) in [6.45, 7) is 8.92. The number of carbonyl (C=O) groups excluding carboxylic acids is 3. The van der Waals surface area contributed by atoms with Crippen LogP contribution in [-0.2, 0) is 28.6 Å². The number of hydrogen-bond donors (Lipinski definition) is 1. The molecule has 2 atom stereocenters. The molecule has 1 N–H and O–H groups in total. The summed E-state index contributed by atoms with van der Waals surface area (Å²) in [6, 6.07) is 0. The second-order valence-corrected chi connectivity index (χ2v) is 8.72. The Balaban J connectivity index is 6.29. The monoisotopic (exact) mass is 604 g/mol. The Morgan fingerprint density at radius 3 is 1.27 bits per heavy atom. The van der Waals surface area contributed by atoms with Gasteiger partial charge in [-0.2, -0.15) is 43.9 Å². The van der Waals surface area contributed by atoms with Crippen LogP contribution in [0, 0.1) is 0 Å². The molecule has 0 heterocycles. The van der Waals surface area contributed by atoms with Crippen molar-refractivity contribution in [2.75, 3.05) is 13.2 Å². The molecule has 0 aliphatic carbocycles. The largest absolute Gasteiger partial charge is 0.458 e. The van der Waals surface area contributed by atoms with Crippen molar-refractivity contribution in [3.05, 3.63) is 36.5 Å². The van der Waals surface area contributed by atoms with Crippen LogP contribution in [-0.4, -0.2) is 78.0 Å². The second kappa shape index (κ2) is 13.0. The zero-order chi connectivity index (χ0) is 32.1. The van der Waals surface area contributed by atoms with E-state index < -0.39 is 96.9 Å². The van der Waals surface area contributed by atoms with E-state index >= 15 is 0 Å². The first-order valence-electron chi connectivity index (χ1n) is 10.8. The third-order valence-corrected chi connectivity index (χ3v) is 4.87. The minimum Gasteiger partial charge on any atom is -0.458 e. The van der Waals surface area contributed by atoms with Crippen LogP contribution in [0.5, 0.6) is 0 Å². The molecule has 0 spiro atoms. The standard InChI is InChI=1S/C23H26F10O7/c1-11(2)16(35)38-10-15(40-18(37)13(5)6)8-20(26,27)22(30,31)23(32,33)21(28,29)19(24,25)7-14(9-34)39-17(36)12(3)4/h14-15,34H,1,3,5,7-10H2,2,4,6H3. The number of ether oxygens (including phenoxy) is 3. The third-order valence-electron chi connectivity index (χ3n) is 4.87. The normalized spacial score (nSPS) is 14.6. The van der Waals surface area contributed by atoms with Crippen LogP contribution in [0.4, 0.5) is 43.9 Å². The van der Waals surface area contributed by atoms with Gasteiger partial charge in [0, 0.05) is 16.7 Å². The minimum absolute atomic E-state index is 0.370. The molecule has 230 valence electrons. The Morgan fingerprint density at radius 1 is 0.625 bits per heavy atom. The van der Waals surface area contributed by atoms with Crippen molar-refractivity contribution < 1.29 is 77.6 Å². The number of aliphatic hydroxyl groups is 1. The Kier molecular flexibility index (Phi) is 12.0. The highest BCUT2D eigenvalue weighted by atomic mass is 19.4. The summed E-state index contributed by atoms with van der Waals surface area (Å²) in [6.07, 6.45) is -10.7. The molecule has 0 saturated heterocycles. The SMILES string of the molecule is C=C(C)C(=O)OCC(CC(F)(F)C(F)(F)C(F)(F)C(F)(F)C(F)(F)CC(CO)OC(=O)C(=C)C)OC(=O)C(=C)C. The fraction of sp³-hybridized carbons (Fsp3) is 0.609. The molecule has 0 aliphatic heterocycles. The molecule has 0 radical (unpaired) electrons. The van der Waals surface area contributed by atoms with Gasteiger partial charge in [-0.05, 0) is 20.8 Å². The Labute approximate surface area is 221 Å². The van der Waals surface area contributed by atoms with Gasteiger partial charge in [-0.15, -0.1) is 0 Å². The fourth-order valence-electron chi connectivity index (χ4n) is 2.56. The van der Waals surface area contributed by atoms with Gasteiger partial charge >= 0.3 is 47.5 Å². The maximum Gasteiger partial charge on any atom is 0.384 e. The number of esters is 3. The molecule has 0 aromatic heterocycles. The number of aliphatic hydroxyl groups excluding tert-OH is 1. The molecular weight excluding hydrogens is 578 g/mol. The van der Waals surface area contributed by atoms with E-state index in [1.165, 1.54) is 0 Å². The zero-order valence-electron chi connectivity index (χ0n) is 21.3. The predicted molar refractivity (Wildman–Crippen MR) is 116 cm³/mol. The lowest BCUT2D eigenvalue weighted by Crippen LogP contribution is -2.68. The van der Waals surface area contributed by atoms with Gasteiger partial charge in [0.25, 0.3) is 0 Å². The predicted octanol–water partition coefficient (Wildman–Crippen LogP) is 5.03. The highest BCUT2D eigenvalue weighted by Gasteiger charge is 2.86. The van der Waals surface area contributed by atoms with Crippen molar-refractivity contribution in [2.24, 2.45) is 0 Å². The van der Waals surface area contributed by atoms with Crippen molar-refractivity contribution in [3.63, 3.8) is 0 Å². The van der Waals surface area contributed by atoms with E-state index in [0.717, 1.165) is 20.8 Å². The van der Waals surface area contributed by atoms with Crippen LogP contribution in [0.2, 0.25) is 0 Å². The average molecular weight is 604 g/mol. The van der Waals surface area contributed by atoms with Gasteiger partial charge < -0.3 is 19.3 Å². The molecule has 0 saturated carbocycles. The molecule has 0 bridgehead atoms. The van der Waals surface area contributed by atoms with Crippen LogP contribution in [0.25, 0.3) is 0 Å². The van der Waals surface area contributed by atoms with Crippen LogP contribution in [0.15, 0.2) is 36.5 Å². The first-order chi connectivity index (χ1) is 17.8. The summed E-state index contributed by atoms with van der Waals surface area (Å²) < 4.78 is 156. The van der Waals surface area contributed by atoms with Gasteiger partial charge in [0.05, 0.1) is 19.4 Å². The van der Waals surface area contributed by atoms with Gasteiger partial charge in [-0.3, -0.25) is 0 Å². The molecule has 0 amide bonds. The number of alkyl halides is 10.